The number of benzene rings is 1. The molecule has 0 fully saturated rings. The van der Waals surface area contributed by atoms with Gasteiger partial charge in [-0.15, -0.1) is 0 Å². The van der Waals surface area contributed by atoms with Gasteiger partial charge in [0.25, 0.3) is 0 Å². The topological polar surface area (TPSA) is 101 Å². The molecule has 6 nitrogen and oxygen atoms in total. The Morgan fingerprint density at radius 3 is 2.55 bits per heavy atom. The number of carbonyl (C=O) groups excluding carboxylic acids is 1. The summed E-state index contributed by atoms with van der Waals surface area (Å²) in [6.45, 7) is 3.69. The average Bonchev–Trinajstić information content (AvgIpc) is 2.37. The number of nitrogens with two attached hydrogens (primary N) is 1. The predicted molar refractivity (Wildman–Crippen MR) is 81.0 cm³/mol. The third kappa shape index (κ3) is 5.20. The monoisotopic (exact) mass is 363 g/mol. The van der Waals surface area contributed by atoms with Crippen LogP contribution in [0.2, 0.25) is 0 Å². The van der Waals surface area contributed by atoms with Gasteiger partial charge in [-0.3, -0.25) is 4.79 Å². The summed E-state index contributed by atoms with van der Waals surface area (Å²) in [5.74, 6) is -0.674. The first kappa shape index (κ1) is 17.1. The zero-order chi connectivity index (χ0) is 15.2. The lowest BCUT2D eigenvalue weighted by Gasteiger charge is -2.09. The number of rotatable bonds is 8. The van der Waals surface area contributed by atoms with Crippen LogP contribution in [0, 0.1) is 0 Å². The van der Waals surface area contributed by atoms with Gasteiger partial charge in [-0.2, -0.15) is 0 Å². The van der Waals surface area contributed by atoms with E-state index in [1.54, 1.807) is 0 Å². The summed E-state index contributed by atoms with van der Waals surface area (Å²) in [6, 6.07) is 4.16. The predicted octanol–water partition coefficient (Wildman–Crippen LogP) is 0.826. The number of hydrogen-bond donors (Lipinski definition) is 3. The van der Waals surface area contributed by atoms with Crippen LogP contribution in [0.5, 0.6) is 0 Å². The summed E-state index contributed by atoms with van der Waals surface area (Å²) in [7, 11) is -3.65. The van der Waals surface area contributed by atoms with Crippen molar-refractivity contribution >= 4 is 31.9 Å². The number of primary amides is 1. The van der Waals surface area contributed by atoms with Gasteiger partial charge < -0.3 is 11.1 Å². The molecule has 0 radical (unpaired) electrons. The van der Waals surface area contributed by atoms with Crippen LogP contribution >= 0.6 is 15.9 Å². The van der Waals surface area contributed by atoms with Crippen molar-refractivity contribution in [3.8, 4) is 0 Å². The summed E-state index contributed by atoms with van der Waals surface area (Å²) in [6.07, 6.45) is 0.986. The molecule has 4 N–H and O–H groups in total. The van der Waals surface area contributed by atoms with Crippen molar-refractivity contribution in [1.82, 2.24) is 10.0 Å². The molecule has 1 aromatic carbocycles. The summed E-state index contributed by atoms with van der Waals surface area (Å²) in [5, 5.41) is 3.09. The maximum atomic E-state index is 12.1. The highest BCUT2D eigenvalue weighted by molar-refractivity contribution is 9.10. The van der Waals surface area contributed by atoms with Crippen LogP contribution in [-0.4, -0.2) is 34.0 Å². The normalized spacial score (nSPS) is 11.5. The van der Waals surface area contributed by atoms with Gasteiger partial charge in [-0.25, -0.2) is 13.1 Å². The molecule has 0 saturated heterocycles. The molecule has 112 valence electrons. The zero-order valence-corrected chi connectivity index (χ0v) is 13.6. The van der Waals surface area contributed by atoms with Gasteiger partial charge in [0.1, 0.15) is 0 Å². The summed E-state index contributed by atoms with van der Waals surface area (Å²) in [5.41, 5.74) is 5.31. The summed E-state index contributed by atoms with van der Waals surface area (Å²) in [4.78, 5) is 11.2. The molecule has 0 unspecified atom stereocenters. The standard InChI is InChI=1S/C12H18BrN3O3S/c1-2-3-15-4-5-16-20(18,19)11-7-9(12(14)17)6-10(13)8-11/h6-8,15-16H,2-5H2,1H3,(H2,14,17). The van der Waals surface area contributed by atoms with Gasteiger partial charge in [-0.1, -0.05) is 22.9 Å². The first-order valence-corrected chi connectivity index (χ1v) is 8.45. The molecule has 0 aliphatic heterocycles. The minimum absolute atomic E-state index is 0.0103. The Bertz CT molecular complexity index is 575. The SMILES string of the molecule is CCCNCCNS(=O)(=O)c1cc(Br)cc(C(N)=O)c1. The lowest BCUT2D eigenvalue weighted by atomic mass is 10.2. The van der Waals surface area contributed by atoms with E-state index in [0.29, 0.717) is 11.0 Å². The molecule has 1 rings (SSSR count). The van der Waals surface area contributed by atoms with Crippen molar-refractivity contribution in [2.75, 3.05) is 19.6 Å². The van der Waals surface area contributed by atoms with Crippen LogP contribution in [0.1, 0.15) is 23.7 Å². The number of carbonyl (C=O) groups is 1. The second-order valence-corrected chi connectivity index (χ2v) is 6.87. The van der Waals surface area contributed by atoms with Crippen molar-refractivity contribution in [3.05, 3.63) is 28.2 Å². The fourth-order valence-corrected chi connectivity index (χ4v) is 3.27. The number of amides is 1. The van der Waals surface area contributed by atoms with E-state index in [1.165, 1.54) is 18.2 Å². The highest BCUT2D eigenvalue weighted by atomic mass is 79.9. The minimum atomic E-state index is -3.65. The fraction of sp³-hybridized carbons (Fsp3) is 0.417. The summed E-state index contributed by atoms with van der Waals surface area (Å²) < 4.78 is 27.1. The maximum Gasteiger partial charge on any atom is 0.248 e. The van der Waals surface area contributed by atoms with Crippen LogP contribution in [0.3, 0.4) is 0 Å². The molecular formula is C12H18BrN3O3S. The van der Waals surface area contributed by atoms with Crippen molar-refractivity contribution in [2.24, 2.45) is 5.73 Å². The Balaban J connectivity index is 2.79. The van der Waals surface area contributed by atoms with Crippen LogP contribution < -0.4 is 15.8 Å². The molecule has 0 aliphatic carbocycles. The van der Waals surface area contributed by atoms with Crippen LogP contribution in [0.4, 0.5) is 0 Å². The lowest BCUT2D eigenvalue weighted by molar-refractivity contribution is 0.1000. The molecular weight excluding hydrogens is 346 g/mol. The number of sulfonamides is 1. The number of hydrogen-bond acceptors (Lipinski definition) is 4. The number of halogens is 1. The lowest BCUT2D eigenvalue weighted by Crippen LogP contribution is -2.32. The summed E-state index contributed by atoms with van der Waals surface area (Å²) >= 11 is 3.16. The molecule has 0 heterocycles. The maximum absolute atomic E-state index is 12.1. The third-order valence-corrected chi connectivity index (χ3v) is 4.39. The minimum Gasteiger partial charge on any atom is -0.366 e. The van der Waals surface area contributed by atoms with E-state index < -0.39 is 15.9 Å². The molecule has 20 heavy (non-hydrogen) atoms. The van der Waals surface area contributed by atoms with Crippen LogP contribution in [0.25, 0.3) is 0 Å². The number of nitrogens with one attached hydrogen (secondary N) is 2. The molecule has 0 aliphatic rings. The zero-order valence-electron chi connectivity index (χ0n) is 11.1. The van der Waals surface area contributed by atoms with Gasteiger partial charge in [0.2, 0.25) is 15.9 Å². The smallest absolute Gasteiger partial charge is 0.248 e. The van der Waals surface area contributed by atoms with E-state index in [0.717, 1.165) is 13.0 Å². The third-order valence-electron chi connectivity index (χ3n) is 2.49. The van der Waals surface area contributed by atoms with E-state index in [4.69, 9.17) is 5.73 Å². The van der Waals surface area contributed by atoms with Crippen molar-refractivity contribution in [1.29, 1.82) is 0 Å². The van der Waals surface area contributed by atoms with Crippen molar-refractivity contribution in [2.45, 2.75) is 18.2 Å². The van der Waals surface area contributed by atoms with E-state index in [9.17, 15) is 13.2 Å². The first-order chi connectivity index (χ1) is 9.36. The largest absolute Gasteiger partial charge is 0.366 e. The van der Waals surface area contributed by atoms with Crippen molar-refractivity contribution < 1.29 is 13.2 Å². The van der Waals surface area contributed by atoms with Gasteiger partial charge in [-0.05, 0) is 31.2 Å². The highest BCUT2D eigenvalue weighted by Crippen LogP contribution is 2.19. The Hall–Kier alpha value is -0.960. The molecule has 0 atom stereocenters. The Labute approximate surface area is 127 Å². The Kier molecular flexibility index (Phi) is 6.60. The molecule has 0 spiro atoms. The van der Waals surface area contributed by atoms with Gasteiger partial charge in [0, 0.05) is 23.1 Å². The Morgan fingerprint density at radius 1 is 1.25 bits per heavy atom. The second kappa shape index (κ2) is 7.72. The molecule has 0 saturated carbocycles. The fourth-order valence-electron chi connectivity index (χ4n) is 1.52. The van der Waals surface area contributed by atoms with Gasteiger partial charge in [0.15, 0.2) is 0 Å². The first-order valence-electron chi connectivity index (χ1n) is 6.17. The van der Waals surface area contributed by atoms with Gasteiger partial charge in [0.05, 0.1) is 4.90 Å². The molecule has 8 heteroatoms. The van der Waals surface area contributed by atoms with E-state index >= 15 is 0 Å². The Morgan fingerprint density at radius 2 is 1.95 bits per heavy atom. The highest BCUT2D eigenvalue weighted by Gasteiger charge is 2.16. The quantitative estimate of drug-likeness (QED) is 0.595. The molecule has 1 amide bonds. The molecule has 0 bridgehead atoms. The van der Waals surface area contributed by atoms with Gasteiger partial charge >= 0.3 is 0 Å². The van der Waals surface area contributed by atoms with E-state index in [-0.39, 0.29) is 17.0 Å². The second-order valence-electron chi connectivity index (χ2n) is 4.19. The van der Waals surface area contributed by atoms with Crippen molar-refractivity contribution in [3.63, 3.8) is 0 Å². The van der Waals surface area contributed by atoms with Crippen LogP contribution in [0.15, 0.2) is 27.6 Å². The van der Waals surface area contributed by atoms with Crippen LogP contribution in [-0.2, 0) is 10.0 Å². The van der Waals surface area contributed by atoms with E-state index in [2.05, 4.69) is 26.0 Å². The average molecular weight is 364 g/mol. The molecule has 0 aromatic heterocycles. The molecule has 1 aromatic rings. The van der Waals surface area contributed by atoms with E-state index in [1.807, 2.05) is 6.92 Å².